The highest BCUT2D eigenvalue weighted by molar-refractivity contribution is 5.54. The Labute approximate surface area is 88.5 Å². The van der Waals surface area contributed by atoms with Gasteiger partial charge in [0.05, 0.1) is 6.20 Å². The number of ether oxygens (including phenoxy) is 1. The van der Waals surface area contributed by atoms with Crippen molar-refractivity contribution in [3.05, 3.63) is 36.7 Å². The van der Waals surface area contributed by atoms with Gasteiger partial charge in [-0.15, -0.1) is 13.2 Å². The first-order chi connectivity index (χ1) is 7.54. The van der Waals surface area contributed by atoms with E-state index < -0.39 is 6.36 Å². The maximum atomic E-state index is 11.9. The number of hydrogen-bond acceptors (Lipinski definition) is 3. The third-order valence-corrected chi connectivity index (χ3v) is 1.77. The van der Waals surface area contributed by atoms with Crippen molar-refractivity contribution in [2.75, 3.05) is 0 Å². The van der Waals surface area contributed by atoms with Crippen LogP contribution in [0.4, 0.5) is 13.2 Å². The number of nitrogens with zero attached hydrogens (tertiary/aromatic N) is 1. The van der Waals surface area contributed by atoms with Gasteiger partial charge in [-0.05, 0) is 24.3 Å². The monoisotopic (exact) mass is 229 g/mol. The lowest BCUT2D eigenvalue weighted by atomic mass is 10.2. The molecular weight excluding hydrogens is 223 g/mol. The van der Waals surface area contributed by atoms with Crippen molar-refractivity contribution in [1.29, 1.82) is 0 Å². The fraction of sp³-hybridized carbons (Fsp3) is 0.100. The van der Waals surface area contributed by atoms with Gasteiger partial charge >= 0.3 is 6.36 Å². The molecular formula is C10H6F3NO2. The van der Waals surface area contributed by atoms with Crippen LogP contribution in [-0.2, 0) is 0 Å². The summed E-state index contributed by atoms with van der Waals surface area (Å²) in [7, 11) is 0. The Bertz CT molecular complexity index is 448. The molecule has 1 aromatic heterocycles. The highest BCUT2D eigenvalue weighted by Crippen LogP contribution is 2.25. The van der Waals surface area contributed by atoms with Gasteiger partial charge in [-0.3, -0.25) is 0 Å². The van der Waals surface area contributed by atoms with E-state index in [0.717, 1.165) is 0 Å². The van der Waals surface area contributed by atoms with Crippen LogP contribution in [0, 0.1) is 0 Å². The van der Waals surface area contributed by atoms with E-state index in [1.807, 2.05) is 0 Å². The standard InChI is InChI=1S/C10H6F3NO2/c11-10(12,13)16-8-3-1-7(2-4-8)9-14-5-6-15-9/h1-6H. The van der Waals surface area contributed by atoms with Gasteiger partial charge in [0.2, 0.25) is 5.89 Å². The van der Waals surface area contributed by atoms with Gasteiger partial charge < -0.3 is 9.15 Å². The minimum atomic E-state index is -4.68. The molecule has 2 aromatic rings. The van der Waals surface area contributed by atoms with Crippen molar-refractivity contribution in [3.8, 4) is 17.2 Å². The van der Waals surface area contributed by atoms with E-state index in [4.69, 9.17) is 4.42 Å². The minimum Gasteiger partial charge on any atom is -0.445 e. The summed E-state index contributed by atoms with van der Waals surface area (Å²) >= 11 is 0. The number of oxazole rings is 1. The van der Waals surface area contributed by atoms with Crippen molar-refractivity contribution >= 4 is 0 Å². The molecule has 0 bridgehead atoms. The van der Waals surface area contributed by atoms with Crippen LogP contribution in [0.15, 0.2) is 41.1 Å². The predicted octanol–water partition coefficient (Wildman–Crippen LogP) is 3.24. The summed E-state index contributed by atoms with van der Waals surface area (Å²) in [6.07, 6.45) is -1.84. The summed E-state index contributed by atoms with van der Waals surface area (Å²) in [6.45, 7) is 0. The largest absolute Gasteiger partial charge is 0.573 e. The maximum Gasteiger partial charge on any atom is 0.573 e. The Balaban J connectivity index is 2.17. The molecule has 3 nitrogen and oxygen atoms in total. The zero-order valence-electron chi connectivity index (χ0n) is 7.86. The van der Waals surface area contributed by atoms with Crippen LogP contribution in [0.1, 0.15) is 0 Å². The lowest BCUT2D eigenvalue weighted by Crippen LogP contribution is -2.16. The Morgan fingerprint density at radius 2 is 1.81 bits per heavy atom. The molecule has 16 heavy (non-hydrogen) atoms. The van der Waals surface area contributed by atoms with Gasteiger partial charge in [0.25, 0.3) is 0 Å². The van der Waals surface area contributed by atoms with Crippen LogP contribution < -0.4 is 4.74 Å². The summed E-state index contributed by atoms with van der Waals surface area (Å²) in [6, 6.07) is 5.28. The molecule has 6 heteroatoms. The van der Waals surface area contributed by atoms with Gasteiger partial charge in [-0.2, -0.15) is 0 Å². The first-order valence-corrected chi connectivity index (χ1v) is 4.30. The Kier molecular flexibility index (Phi) is 2.55. The molecule has 0 N–H and O–H groups in total. The fourth-order valence-corrected chi connectivity index (χ4v) is 1.17. The first-order valence-electron chi connectivity index (χ1n) is 4.30. The third kappa shape index (κ3) is 2.53. The second kappa shape index (κ2) is 3.88. The topological polar surface area (TPSA) is 35.3 Å². The molecule has 0 spiro atoms. The fourth-order valence-electron chi connectivity index (χ4n) is 1.17. The van der Waals surface area contributed by atoms with Crippen LogP contribution in [0.3, 0.4) is 0 Å². The highest BCUT2D eigenvalue weighted by Gasteiger charge is 2.30. The van der Waals surface area contributed by atoms with E-state index in [-0.39, 0.29) is 5.75 Å². The lowest BCUT2D eigenvalue weighted by Gasteiger charge is -2.08. The van der Waals surface area contributed by atoms with Crippen molar-refractivity contribution < 1.29 is 22.3 Å². The molecule has 0 aliphatic rings. The number of halogens is 3. The van der Waals surface area contributed by atoms with E-state index in [1.165, 1.54) is 36.7 Å². The normalized spacial score (nSPS) is 11.4. The van der Waals surface area contributed by atoms with E-state index in [9.17, 15) is 13.2 Å². The van der Waals surface area contributed by atoms with E-state index >= 15 is 0 Å². The van der Waals surface area contributed by atoms with Crippen molar-refractivity contribution in [3.63, 3.8) is 0 Å². The van der Waals surface area contributed by atoms with Gasteiger partial charge in [-0.25, -0.2) is 4.98 Å². The predicted molar refractivity (Wildman–Crippen MR) is 48.6 cm³/mol. The van der Waals surface area contributed by atoms with Crippen LogP contribution in [0.2, 0.25) is 0 Å². The quantitative estimate of drug-likeness (QED) is 0.792. The van der Waals surface area contributed by atoms with E-state index in [1.54, 1.807) is 0 Å². The van der Waals surface area contributed by atoms with Crippen LogP contribution in [0.25, 0.3) is 11.5 Å². The molecule has 0 saturated carbocycles. The highest BCUT2D eigenvalue weighted by atomic mass is 19.4. The Hall–Kier alpha value is -1.98. The third-order valence-electron chi connectivity index (χ3n) is 1.77. The second-order valence-corrected chi connectivity index (χ2v) is 2.91. The molecule has 0 aliphatic carbocycles. The average Bonchev–Trinajstić information content (AvgIpc) is 2.69. The van der Waals surface area contributed by atoms with Crippen molar-refractivity contribution in [2.45, 2.75) is 6.36 Å². The summed E-state index contributed by atoms with van der Waals surface area (Å²) in [5.74, 6) is 0.0707. The molecule has 1 heterocycles. The van der Waals surface area contributed by atoms with Crippen molar-refractivity contribution in [2.24, 2.45) is 0 Å². The number of rotatable bonds is 2. The second-order valence-electron chi connectivity index (χ2n) is 2.91. The van der Waals surface area contributed by atoms with Gasteiger partial charge in [-0.1, -0.05) is 0 Å². The first kappa shape index (κ1) is 10.5. The molecule has 84 valence electrons. The van der Waals surface area contributed by atoms with Gasteiger partial charge in [0.15, 0.2) is 0 Å². The minimum absolute atomic E-state index is 0.275. The lowest BCUT2D eigenvalue weighted by molar-refractivity contribution is -0.274. The number of alkyl halides is 3. The van der Waals surface area contributed by atoms with Gasteiger partial charge in [0.1, 0.15) is 12.0 Å². The Morgan fingerprint density at radius 3 is 2.31 bits per heavy atom. The smallest absolute Gasteiger partial charge is 0.445 e. The summed E-state index contributed by atoms with van der Waals surface area (Å²) in [5, 5.41) is 0. The molecule has 0 fully saturated rings. The molecule has 0 saturated heterocycles. The SMILES string of the molecule is FC(F)(F)Oc1ccc(-c2ncco2)cc1. The van der Waals surface area contributed by atoms with E-state index in [2.05, 4.69) is 9.72 Å². The van der Waals surface area contributed by atoms with Crippen LogP contribution in [0.5, 0.6) is 5.75 Å². The zero-order chi connectivity index (χ0) is 11.6. The van der Waals surface area contributed by atoms with E-state index in [0.29, 0.717) is 11.5 Å². The number of benzene rings is 1. The summed E-state index contributed by atoms with van der Waals surface area (Å²) in [4.78, 5) is 3.86. The molecule has 0 unspecified atom stereocenters. The van der Waals surface area contributed by atoms with Crippen LogP contribution in [-0.4, -0.2) is 11.3 Å². The maximum absolute atomic E-state index is 11.9. The van der Waals surface area contributed by atoms with Gasteiger partial charge in [0, 0.05) is 5.56 Å². The van der Waals surface area contributed by atoms with Crippen molar-refractivity contribution in [1.82, 2.24) is 4.98 Å². The Morgan fingerprint density at radius 1 is 1.12 bits per heavy atom. The molecule has 1 aromatic carbocycles. The zero-order valence-corrected chi connectivity index (χ0v) is 7.86. The molecule has 0 radical (unpaired) electrons. The molecule has 2 rings (SSSR count). The number of hydrogen-bond donors (Lipinski definition) is 0. The summed E-state index contributed by atoms with van der Waals surface area (Å²) < 4.78 is 44.3. The van der Waals surface area contributed by atoms with Crippen LogP contribution >= 0.6 is 0 Å². The summed E-state index contributed by atoms with van der Waals surface area (Å²) in [5.41, 5.74) is 0.583. The molecule has 0 atom stereocenters. The number of aromatic nitrogens is 1. The molecule has 0 amide bonds. The average molecular weight is 229 g/mol. The molecule has 0 aliphatic heterocycles.